The molecule has 4 heteroatoms. The quantitative estimate of drug-likeness (QED) is 0.826. The van der Waals surface area contributed by atoms with Gasteiger partial charge in [0, 0.05) is 36.2 Å². The van der Waals surface area contributed by atoms with Gasteiger partial charge in [-0.15, -0.1) is 0 Å². The Morgan fingerprint density at radius 2 is 2.05 bits per heavy atom. The first-order valence-electron chi connectivity index (χ1n) is 8.44. The Morgan fingerprint density at radius 3 is 2.77 bits per heavy atom. The number of benzene rings is 1. The van der Waals surface area contributed by atoms with Crippen LogP contribution in [0.1, 0.15) is 31.0 Å². The van der Waals surface area contributed by atoms with E-state index < -0.39 is 0 Å². The maximum atomic E-state index is 9.11. The van der Waals surface area contributed by atoms with E-state index in [-0.39, 0.29) is 6.61 Å². The highest BCUT2D eigenvalue weighted by atomic mass is 16.3. The second-order valence-corrected chi connectivity index (χ2v) is 6.29. The zero-order chi connectivity index (χ0) is 15.4. The molecule has 1 fully saturated rings. The topological polar surface area (TPSA) is 42.5 Å². The molecule has 0 bridgehead atoms. The van der Waals surface area contributed by atoms with Gasteiger partial charge in [0.15, 0.2) is 0 Å². The zero-order valence-electron chi connectivity index (χ0n) is 13.5. The van der Waals surface area contributed by atoms with Gasteiger partial charge in [-0.3, -0.25) is 9.80 Å². The fourth-order valence-corrected chi connectivity index (χ4v) is 3.36. The lowest BCUT2D eigenvalue weighted by Crippen LogP contribution is -2.25. The van der Waals surface area contributed by atoms with Crippen LogP contribution in [0.15, 0.2) is 24.3 Å². The van der Waals surface area contributed by atoms with Gasteiger partial charge in [-0.25, -0.2) is 0 Å². The molecule has 2 N–H and O–H groups in total. The molecule has 0 aliphatic carbocycles. The largest absolute Gasteiger partial charge is 0.395 e. The van der Waals surface area contributed by atoms with Crippen molar-refractivity contribution in [2.75, 3.05) is 32.8 Å². The van der Waals surface area contributed by atoms with Crippen molar-refractivity contribution < 1.29 is 5.11 Å². The van der Waals surface area contributed by atoms with Crippen LogP contribution in [-0.2, 0) is 13.1 Å². The Balaban J connectivity index is 1.71. The first-order valence-corrected chi connectivity index (χ1v) is 8.44. The molecule has 4 nitrogen and oxygen atoms in total. The van der Waals surface area contributed by atoms with Gasteiger partial charge in [0.2, 0.25) is 0 Å². The molecule has 2 heterocycles. The summed E-state index contributed by atoms with van der Waals surface area (Å²) >= 11 is 0. The number of fused-ring (bicyclic) bond motifs is 1. The van der Waals surface area contributed by atoms with Gasteiger partial charge in [-0.05, 0) is 56.2 Å². The number of nitrogens with zero attached hydrogens (tertiary/aromatic N) is 2. The number of aliphatic hydroxyl groups excluding tert-OH is 1. The Kier molecular flexibility index (Phi) is 5.13. The molecule has 0 radical (unpaired) electrons. The van der Waals surface area contributed by atoms with E-state index in [0.717, 1.165) is 26.2 Å². The zero-order valence-corrected chi connectivity index (χ0v) is 13.5. The normalized spacial score (nSPS) is 16.1. The maximum Gasteiger partial charge on any atom is 0.0558 e. The van der Waals surface area contributed by atoms with Gasteiger partial charge >= 0.3 is 0 Å². The monoisotopic (exact) mass is 301 g/mol. The summed E-state index contributed by atoms with van der Waals surface area (Å²) in [7, 11) is 0. The number of H-pyrrole nitrogens is 1. The van der Waals surface area contributed by atoms with Crippen molar-refractivity contribution in [3.63, 3.8) is 0 Å². The molecular weight excluding hydrogens is 274 g/mol. The van der Waals surface area contributed by atoms with E-state index in [2.05, 4.69) is 46.0 Å². The molecule has 1 aliphatic heterocycles. The van der Waals surface area contributed by atoms with Crippen LogP contribution in [0.3, 0.4) is 0 Å². The molecule has 0 atom stereocenters. The Bertz CT molecular complexity index is 601. The average molecular weight is 301 g/mol. The molecule has 1 aromatic carbocycles. The molecule has 0 saturated carbocycles. The van der Waals surface area contributed by atoms with Gasteiger partial charge < -0.3 is 10.1 Å². The molecule has 0 spiro atoms. The van der Waals surface area contributed by atoms with E-state index >= 15 is 0 Å². The minimum Gasteiger partial charge on any atom is -0.395 e. The number of nitrogens with one attached hydrogen (secondary N) is 1. The van der Waals surface area contributed by atoms with E-state index in [1.807, 2.05) is 0 Å². The summed E-state index contributed by atoms with van der Waals surface area (Å²) in [6.07, 6.45) is 2.67. The van der Waals surface area contributed by atoms with Gasteiger partial charge in [-0.2, -0.15) is 0 Å². The number of aliphatic hydroxyl groups is 1. The fraction of sp³-hybridized carbons (Fsp3) is 0.556. The lowest BCUT2D eigenvalue weighted by Gasteiger charge is -2.19. The molecule has 22 heavy (non-hydrogen) atoms. The highest BCUT2D eigenvalue weighted by molar-refractivity contribution is 5.81. The summed E-state index contributed by atoms with van der Waals surface area (Å²) < 4.78 is 0. The lowest BCUT2D eigenvalue weighted by molar-refractivity contribution is 0.197. The van der Waals surface area contributed by atoms with Crippen LogP contribution in [0.4, 0.5) is 0 Å². The molecule has 1 aromatic heterocycles. The van der Waals surface area contributed by atoms with Crippen LogP contribution in [0.25, 0.3) is 10.9 Å². The smallest absolute Gasteiger partial charge is 0.0558 e. The van der Waals surface area contributed by atoms with Gasteiger partial charge in [0.25, 0.3) is 0 Å². The summed E-state index contributed by atoms with van der Waals surface area (Å²) in [4.78, 5) is 8.33. The predicted octanol–water partition coefficient (Wildman–Crippen LogP) is 2.58. The molecule has 2 aromatic rings. The van der Waals surface area contributed by atoms with E-state index in [1.54, 1.807) is 0 Å². The van der Waals surface area contributed by atoms with Crippen molar-refractivity contribution in [2.45, 2.75) is 32.9 Å². The molecule has 120 valence electrons. The highest BCUT2D eigenvalue weighted by Crippen LogP contribution is 2.20. The molecule has 1 aliphatic rings. The molecule has 0 unspecified atom stereocenters. The third-order valence-electron chi connectivity index (χ3n) is 4.60. The number of hydrogen-bond donors (Lipinski definition) is 2. The van der Waals surface area contributed by atoms with Crippen LogP contribution in [0.2, 0.25) is 0 Å². The van der Waals surface area contributed by atoms with E-state index in [1.165, 1.54) is 48.1 Å². The Hall–Kier alpha value is -1.36. The SMILES string of the molecule is CCN(CCO)Cc1ccc2[nH]c(CN3CCCC3)cc2c1. The summed E-state index contributed by atoms with van der Waals surface area (Å²) in [5.41, 5.74) is 3.86. The van der Waals surface area contributed by atoms with Gasteiger partial charge in [0.1, 0.15) is 0 Å². The second kappa shape index (κ2) is 7.27. The number of likely N-dealkylation sites (tertiary alicyclic amines) is 1. The van der Waals surface area contributed by atoms with E-state index in [9.17, 15) is 0 Å². The van der Waals surface area contributed by atoms with Crippen LogP contribution in [0, 0.1) is 0 Å². The van der Waals surface area contributed by atoms with Crippen molar-refractivity contribution in [3.05, 3.63) is 35.5 Å². The van der Waals surface area contributed by atoms with Crippen LogP contribution < -0.4 is 0 Å². The Morgan fingerprint density at radius 1 is 1.23 bits per heavy atom. The minimum atomic E-state index is 0.222. The summed E-state index contributed by atoms with van der Waals surface area (Å²) in [5.74, 6) is 0. The lowest BCUT2D eigenvalue weighted by atomic mass is 10.1. The maximum absolute atomic E-state index is 9.11. The molecule has 1 saturated heterocycles. The number of aromatic nitrogens is 1. The van der Waals surface area contributed by atoms with Crippen LogP contribution in [0.5, 0.6) is 0 Å². The summed E-state index contributed by atoms with van der Waals surface area (Å²) in [6.45, 7) is 8.46. The number of aromatic amines is 1. The summed E-state index contributed by atoms with van der Waals surface area (Å²) in [6, 6.07) is 8.95. The molecule has 3 rings (SSSR count). The van der Waals surface area contributed by atoms with E-state index in [0.29, 0.717) is 0 Å². The fourth-order valence-electron chi connectivity index (χ4n) is 3.36. The Labute approximate surface area is 132 Å². The van der Waals surface area contributed by atoms with E-state index in [4.69, 9.17) is 5.11 Å². The van der Waals surface area contributed by atoms with Crippen LogP contribution >= 0.6 is 0 Å². The minimum absolute atomic E-state index is 0.222. The third kappa shape index (κ3) is 3.69. The standard InChI is InChI=1S/C18H27N3O/c1-2-20(9-10-22)13-15-5-6-18-16(11-15)12-17(19-18)14-21-7-3-4-8-21/h5-6,11-12,19,22H,2-4,7-10,13-14H2,1H3. The van der Waals surface area contributed by atoms with Crippen LogP contribution in [-0.4, -0.2) is 52.7 Å². The first kappa shape index (κ1) is 15.5. The van der Waals surface area contributed by atoms with Gasteiger partial charge in [-0.1, -0.05) is 13.0 Å². The highest BCUT2D eigenvalue weighted by Gasteiger charge is 2.13. The van der Waals surface area contributed by atoms with Crippen molar-refractivity contribution in [2.24, 2.45) is 0 Å². The average Bonchev–Trinajstić information content (AvgIpc) is 3.15. The molecular formula is C18H27N3O. The van der Waals surface area contributed by atoms with Crippen molar-refractivity contribution in [3.8, 4) is 0 Å². The summed E-state index contributed by atoms with van der Waals surface area (Å²) in [5, 5.41) is 10.4. The van der Waals surface area contributed by atoms with Gasteiger partial charge in [0.05, 0.1) is 6.61 Å². The van der Waals surface area contributed by atoms with Crippen molar-refractivity contribution in [1.29, 1.82) is 0 Å². The van der Waals surface area contributed by atoms with Crippen molar-refractivity contribution >= 4 is 10.9 Å². The second-order valence-electron chi connectivity index (χ2n) is 6.29. The number of likely N-dealkylation sites (N-methyl/N-ethyl adjacent to an activating group) is 1. The number of hydrogen-bond acceptors (Lipinski definition) is 3. The predicted molar refractivity (Wildman–Crippen MR) is 90.8 cm³/mol. The van der Waals surface area contributed by atoms with Crippen molar-refractivity contribution in [1.82, 2.24) is 14.8 Å². The molecule has 0 amide bonds. The third-order valence-corrected chi connectivity index (χ3v) is 4.60. The number of rotatable bonds is 7. The first-order chi connectivity index (χ1) is 10.8.